The molecule has 0 bridgehead atoms. The maximum absolute atomic E-state index is 13.4. The summed E-state index contributed by atoms with van der Waals surface area (Å²) >= 11 is 2.36. The average Bonchev–Trinajstić information content (AvgIpc) is 3.52. The fraction of sp³-hybridized carbons (Fsp3) is 0.524. The van der Waals surface area contributed by atoms with Crippen molar-refractivity contribution >= 4 is 34.2 Å². The number of carbonyl (C=O) groups excluding carboxylic acids is 1. The summed E-state index contributed by atoms with van der Waals surface area (Å²) in [5.41, 5.74) is 1.15. The minimum atomic E-state index is -2.71. The number of esters is 1. The van der Waals surface area contributed by atoms with Crippen molar-refractivity contribution in [3.05, 3.63) is 33.5 Å². The summed E-state index contributed by atoms with van der Waals surface area (Å²) in [6.45, 7) is 4.79. The monoisotopic (exact) mass is 466 g/mol. The molecular weight excluding hydrogens is 442 g/mol. The van der Waals surface area contributed by atoms with E-state index in [-0.39, 0.29) is 29.0 Å². The molecule has 3 rings (SSSR count). The van der Waals surface area contributed by atoms with Gasteiger partial charge in [0.05, 0.1) is 17.9 Å². The van der Waals surface area contributed by atoms with Gasteiger partial charge >= 0.3 is 5.97 Å². The van der Waals surface area contributed by atoms with Crippen LogP contribution in [0.2, 0.25) is 0 Å². The highest BCUT2D eigenvalue weighted by Gasteiger charge is 2.30. The number of halogens is 2. The number of nitriles is 1. The van der Waals surface area contributed by atoms with Crippen molar-refractivity contribution in [3.8, 4) is 6.07 Å². The lowest BCUT2D eigenvalue weighted by molar-refractivity contribution is 0.0531. The van der Waals surface area contributed by atoms with Gasteiger partial charge < -0.3 is 10.1 Å². The lowest BCUT2D eigenvalue weighted by Crippen LogP contribution is -2.05. The first-order valence-electron chi connectivity index (χ1n) is 10.2. The first-order chi connectivity index (χ1) is 15.0. The maximum atomic E-state index is 13.4. The average molecular weight is 467 g/mol. The van der Waals surface area contributed by atoms with Crippen molar-refractivity contribution < 1.29 is 18.3 Å². The van der Waals surface area contributed by atoms with Crippen LogP contribution < -0.4 is 5.32 Å². The number of carbonyl (C=O) groups is 1. The zero-order chi connectivity index (χ0) is 22.4. The van der Waals surface area contributed by atoms with Crippen LogP contribution in [0.25, 0.3) is 0 Å². The predicted octanol–water partition coefficient (Wildman–Crippen LogP) is 5.91. The van der Waals surface area contributed by atoms with Crippen LogP contribution in [-0.2, 0) is 10.5 Å². The van der Waals surface area contributed by atoms with Crippen LogP contribution in [-0.4, -0.2) is 29.1 Å². The van der Waals surface area contributed by atoms with Gasteiger partial charge in [-0.15, -0.1) is 0 Å². The number of nitrogens with one attached hydrogen (secondary N) is 1. The molecule has 2 aromatic heterocycles. The highest BCUT2D eigenvalue weighted by atomic mass is 32.2. The topological polar surface area (TPSA) is 87.9 Å². The number of anilines is 1. The lowest BCUT2D eigenvalue weighted by Gasteiger charge is -2.11. The van der Waals surface area contributed by atoms with Gasteiger partial charge in [-0.3, -0.25) is 0 Å². The summed E-state index contributed by atoms with van der Waals surface area (Å²) in [6.07, 6.45) is 1.05. The van der Waals surface area contributed by atoms with Crippen molar-refractivity contribution in [1.82, 2.24) is 9.97 Å². The number of hydrogen-bond donors (Lipinski definition) is 1. The van der Waals surface area contributed by atoms with E-state index in [0.29, 0.717) is 26.8 Å². The molecule has 10 heteroatoms. The van der Waals surface area contributed by atoms with Crippen molar-refractivity contribution in [2.75, 3.05) is 18.5 Å². The SMILES string of the molecule is CCCCNc1nc(CSc2nc(C(F)F)cc(C3CC3)c2C#N)c(C(=O)OCC)s1. The minimum absolute atomic E-state index is 0.137. The van der Waals surface area contributed by atoms with Crippen molar-refractivity contribution in [1.29, 1.82) is 5.26 Å². The molecule has 31 heavy (non-hydrogen) atoms. The van der Waals surface area contributed by atoms with Gasteiger partial charge in [0.25, 0.3) is 6.43 Å². The Hall–Kier alpha value is -2.25. The maximum Gasteiger partial charge on any atom is 0.350 e. The summed E-state index contributed by atoms with van der Waals surface area (Å²) in [5.74, 6) is -0.107. The smallest absolute Gasteiger partial charge is 0.350 e. The Morgan fingerprint density at radius 3 is 2.81 bits per heavy atom. The summed E-state index contributed by atoms with van der Waals surface area (Å²) in [5, 5.41) is 13.7. The van der Waals surface area contributed by atoms with Crippen molar-refractivity contribution in [2.24, 2.45) is 0 Å². The molecule has 0 radical (unpaired) electrons. The van der Waals surface area contributed by atoms with Gasteiger partial charge in [-0.05, 0) is 43.7 Å². The van der Waals surface area contributed by atoms with Gasteiger partial charge in [-0.1, -0.05) is 36.4 Å². The molecule has 0 saturated heterocycles. The second-order valence-corrected chi connectivity index (χ2v) is 9.05. The third-order valence-electron chi connectivity index (χ3n) is 4.70. The molecule has 1 aliphatic carbocycles. The van der Waals surface area contributed by atoms with Crippen LogP contribution in [0.5, 0.6) is 0 Å². The standard InChI is InChI=1S/C21H24F2N4O2S2/c1-3-5-8-25-21-27-16(17(31-21)20(28)29-4-2)11-30-19-14(10-24)13(12-6-7-12)9-15(26-19)18(22)23/h9,12,18H,3-8,11H2,1-2H3,(H,25,27). The molecule has 1 N–H and O–H groups in total. The molecule has 1 fully saturated rings. The Kier molecular flexibility index (Phi) is 8.21. The largest absolute Gasteiger partial charge is 0.462 e. The Balaban J connectivity index is 1.87. The van der Waals surface area contributed by atoms with E-state index in [1.165, 1.54) is 17.4 Å². The number of aromatic nitrogens is 2. The molecule has 0 unspecified atom stereocenters. The molecule has 1 aliphatic rings. The molecule has 0 amide bonds. The van der Waals surface area contributed by atoms with Gasteiger partial charge in [0.1, 0.15) is 21.7 Å². The second kappa shape index (κ2) is 10.9. The predicted molar refractivity (Wildman–Crippen MR) is 117 cm³/mol. The minimum Gasteiger partial charge on any atom is -0.462 e. The molecule has 2 aromatic rings. The van der Waals surface area contributed by atoms with Crippen LogP contribution in [0.1, 0.15) is 84.1 Å². The number of thioether (sulfide) groups is 1. The number of nitrogens with zero attached hydrogens (tertiary/aromatic N) is 3. The number of hydrogen-bond acceptors (Lipinski definition) is 8. The molecule has 2 heterocycles. The molecule has 0 spiro atoms. The molecule has 0 aromatic carbocycles. The Morgan fingerprint density at radius 1 is 1.42 bits per heavy atom. The molecule has 1 saturated carbocycles. The summed E-state index contributed by atoms with van der Waals surface area (Å²) < 4.78 is 31.9. The second-order valence-electron chi connectivity index (χ2n) is 7.09. The molecule has 0 atom stereocenters. The van der Waals surface area contributed by atoms with E-state index in [2.05, 4.69) is 28.3 Å². The van der Waals surface area contributed by atoms with E-state index in [9.17, 15) is 18.8 Å². The number of rotatable bonds is 11. The fourth-order valence-electron chi connectivity index (χ4n) is 3.00. The highest BCUT2D eigenvalue weighted by Crippen LogP contribution is 2.44. The van der Waals surface area contributed by atoms with E-state index >= 15 is 0 Å². The lowest BCUT2D eigenvalue weighted by atomic mass is 10.1. The number of pyridine rings is 1. The third-order valence-corrected chi connectivity index (χ3v) is 6.72. The van der Waals surface area contributed by atoms with Crippen LogP contribution >= 0.6 is 23.1 Å². The quantitative estimate of drug-likeness (QED) is 0.250. The fourth-order valence-corrected chi connectivity index (χ4v) is 4.95. The zero-order valence-electron chi connectivity index (χ0n) is 17.4. The molecule has 166 valence electrons. The van der Waals surface area contributed by atoms with Crippen molar-refractivity contribution in [3.63, 3.8) is 0 Å². The van der Waals surface area contributed by atoms with Gasteiger partial charge in [-0.2, -0.15) is 5.26 Å². The van der Waals surface area contributed by atoms with E-state index in [1.807, 2.05) is 0 Å². The highest BCUT2D eigenvalue weighted by molar-refractivity contribution is 7.98. The number of unbranched alkanes of at least 4 members (excludes halogenated alkanes) is 1. The van der Waals surface area contributed by atoms with E-state index in [4.69, 9.17) is 4.74 Å². The number of alkyl halides is 2. The Morgan fingerprint density at radius 2 is 2.19 bits per heavy atom. The van der Waals surface area contributed by atoms with Crippen LogP contribution in [0.4, 0.5) is 13.9 Å². The third kappa shape index (κ3) is 5.92. The van der Waals surface area contributed by atoms with Gasteiger partial charge in [0, 0.05) is 12.3 Å². The van der Waals surface area contributed by atoms with E-state index in [0.717, 1.165) is 44.0 Å². The molecular formula is C21H24F2N4O2S2. The summed E-state index contributed by atoms with van der Waals surface area (Å²) in [6, 6.07) is 3.49. The Labute approximate surface area is 188 Å². The van der Waals surface area contributed by atoms with E-state index < -0.39 is 12.4 Å². The first kappa shape index (κ1) is 23.4. The molecule has 0 aliphatic heterocycles. The van der Waals surface area contributed by atoms with Gasteiger partial charge in [0.2, 0.25) is 0 Å². The zero-order valence-corrected chi connectivity index (χ0v) is 19.0. The summed E-state index contributed by atoms with van der Waals surface area (Å²) in [4.78, 5) is 21.3. The van der Waals surface area contributed by atoms with Gasteiger partial charge in [-0.25, -0.2) is 23.5 Å². The normalized spacial score (nSPS) is 13.3. The number of thiazole rings is 1. The summed E-state index contributed by atoms with van der Waals surface area (Å²) in [7, 11) is 0. The van der Waals surface area contributed by atoms with Crippen molar-refractivity contribution in [2.45, 2.75) is 62.7 Å². The van der Waals surface area contributed by atoms with Crippen LogP contribution in [0.15, 0.2) is 11.1 Å². The van der Waals surface area contributed by atoms with Crippen LogP contribution in [0, 0.1) is 11.3 Å². The van der Waals surface area contributed by atoms with E-state index in [1.54, 1.807) is 6.92 Å². The first-order valence-corrected chi connectivity index (χ1v) is 12.0. The Bertz CT molecular complexity index is 971. The van der Waals surface area contributed by atoms with Gasteiger partial charge in [0.15, 0.2) is 5.13 Å². The van der Waals surface area contributed by atoms with Crippen LogP contribution in [0.3, 0.4) is 0 Å². The number of ether oxygens (including phenoxy) is 1. The molecule has 6 nitrogen and oxygen atoms in total.